The molecule has 0 bridgehead atoms. The lowest BCUT2D eigenvalue weighted by molar-refractivity contribution is -0.138. The van der Waals surface area contributed by atoms with Gasteiger partial charge < -0.3 is 9.64 Å². The Labute approximate surface area is 155 Å². The summed E-state index contributed by atoms with van der Waals surface area (Å²) in [6.45, 7) is 7.30. The smallest absolute Gasteiger partial charge is 0.338 e. The summed E-state index contributed by atoms with van der Waals surface area (Å²) in [6.07, 6.45) is 1.14. The van der Waals surface area contributed by atoms with Crippen molar-refractivity contribution in [1.82, 2.24) is 4.90 Å². The zero-order chi connectivity index (χ0) is 19.5. The molecule has 0 N–H and O–H groups in total. The fourth-order valence-electron chi connectivity index (χ4n) is 3.15. The van der Waals surface area contributed by atoms with Gasteiger partial charge in [0.1, 0.15) is 0 Å². The van der Waals surface area contributed by atoms with Crippen LogP contribution in [0.1, 0.15) is 48.2 Å². The molecule has 1 aromatic carbocycles. The van der Waals surface area contributed by atoms with Gasteiger partial charge in [-0.2, -0.15) is 0 Å². The van der Waals surface area contributed by atoms with Gasteiger partial charge in [-0.15, -0.1) is 0 Å². The molecule has 0 aromatic heterocycles. The van der Waals surface area contributed by atoms with E-state index in [2.05, 4.69) is 0 Å². The molecular weight excluding hydrogens is 354 g/mol. The van der Waals surface area contributed by atoms with Crippen LogP contribution in [0.5, 0.6) is 0 Å². The van der Waals surface area contributed by atoms with Gasteiger partial charge in [-0.3, -0.25) is 4.79 Å². The molecule has 1 amide bonds. The highest BCUT2D eigenvalue weighted by Crippen LogP contribution is 2.21. The van der Waals surface area contributed by atoms with Gasteiger partial charge in [0.25, 0.3) is 5.91 Å². The second-order valence-corrected chi connectivity index (χ2v) is 9.22. The molecule has 26 heavy (non-hydrogen) atoms. The van der Waals surface area contributed by atoms with Gasteiger partial charge in [0.2, 0.25) is 0 Å². The number of ether oxygens (including phenoxy) is 1. The number of hydrogen-bond acceptors (Lipinski definition) is 5. The van der Waals surface area contributed by atoms with E-state index in [1.54, 1.807) is 17.0 Å². The molecule has 1 saturated heterocycles. The first-order valence-electron chi connectivity index (χ1n) is 8.90. The fourth-order valence-corrected chi connectivity index (χ4v) is 4.87. The van der Waals surface area contributed by atoms with E-state index in [4.69, 9.17) is 4.74 Å². The second-order valence-electron chi connectivity index (χ2n) is 6.99. The van der Waals surface area contributed by atoms with Crippen LogP contribution >= 0.6 is 0 Å². The van der Waals surface area contributed by atoms with Crippen LogP contribution in [0.2, 0.25) is 0 Å². The number of aryl methyl sites for hydroxylation is 2. The predicted octanol–water partition coefficient (Wildman–Crippen LogP) is 2.27. The van der Waals surface area contributed by atoms with Gasteiger partial charge in [0.15, 0.2) is 16.4 Å². The van der Waals surface area contributed by atoms with E-state index in [0.717, 1.165) is 11.1 Å². The van der Waals surface area contributed by atoms with Crippen molar-refractivity contribution >= 4 is 21.7 Å². The van der Waals surface area contributed by atoms with Crippen LogP contribution in [0.15, 0.2) is 18.2 Å². The Balaban J connectivity index is 2.04. The first kappa shape index (κ1) is 20.4. The average molecular weight is 381 g/mol. The topological polar surface area (TPSA) is 80.8 Å². The summed E-state index contributed by atoms with van der Waals surface area (Å²) in [4.78, 5) is 26.4. The molecular formula is C19H27NO5S. The van der Waals surface area contributed by atoms with Crippen molar-refractivity contribution in [2.45, 2.75) is 52.6 Å². The molecule has 2 atom stereocenters. The number of nitrogens with zero attached hydrogens (tertiary/aromatic N) is 1. The minimum atomic E-state index is -3.10. The number of amides is 1. The van der Waals surface area contributed by atoms with Gasteiger partial charge in [-0.25, -0.2) is 13.2 Å². The monoisotopic (exact) mass is 381 g/mol. The predicted molar refractivity (Wildman–Crippen MR) is 99.9 cm³/mol. The highest BCUT2D eigenvalue weighted by molar-refractivity contribution is 7.91. The van der Waals surface area contributed by atoms with Crippen LogP contribution in [0.3, 0.4) is 0 Å². The van der Waals surface area contributed by atoms with Gasteiger partial charge in [-0.05, 0) is 56.9 Å². The number of rotatable bonds is 6. The first-order valence-corrected chi connectivity index (χ1v) is 10.7. The molecule has 0 spiro atoms. The normalized spacial score (nSPS) is 19.8. The van der Waals surface area contributed by atoms with E-state index in [1.807, 2.05) is 33.8 Å². The summed E-state index contributed by atoms with van der Waals surface area (Å²) < 4.78 is 28.7. The van der Waals surface area contributed by atoms with Gasteiger partial charge in [0.05, 0.1) is 17.1 Å². The maximum Gasteiger partial charge on any atom is 0.338 e. The highest BCUT2D eigenvalue weighted by Gasteiger charge is 2.36. The molecule has 7 heteroatoms. The third-order valence-electron chi connectivity index (χ3n) is 5.02. The van der Waals surface area contributed by atoms with Crippen molar-refractivity contribution in [3.05, 3.63) is 34.9 Å². The molecule has 0 saturated carbocycles. The summed E-state index contributed by atoms with van der Waals surface area (Å²) in [5, 5.41) is 0. The van der Waals surface area contributed by atoms with Crippen LogP contribution in [0.25, 0.3) is 0 Å². The highest BCUT2D eigenvalue weighted by atomic mass is 32.2. The van der Waals surface area contributed by atoms with Gasteiger partial charge >= 0.3 is 5.97 Å². The van der Waals surface area contributed by atoms with Crippen molar-refractivity contribution in [3.63, 3.8) is 0 Å². The average Bonchev–Trinajstić information content (AvgIpc) is 2.94. The van der Waals surface area contributed by atoms with Crippen molar-refractivity contribution in [3.8, 4) is 0 Å². The zero-order valence-electron chi connectivity index (χ0n) is 15.8. The van der Waals surface area contributed by atoms with E-state index in [0.29, 0.717) is 18.4 Å². The molecule has 0 aliphatic carbocycles. The maximum absolute atomic E-state index is 12.7. The van der Waals surface area contributed by atoms with Crippen LogP contribution < -0.4 is 0 Å². The molecule has 144 valence electrons. The molecule has 1 fully saturated rings. The minimum absolute atomic E-state index is 0.0197. The second kappa shape index (κ2) is 8.20. The maximum atomic E-state index is 12.7. The number of carbonyl (C=O) groups is 2. The first-order chi connectivity index (χ1) is 12.1. The lowest BCUT2D eigenvalue weighted by Crippen LogP contribution is -2.48. The molecule has 0 radical (unpaired) electrons. The van der Waals surface area contributed by atoms with Crippen molar-refractivity contribution in [1.29, 1.82) is 0 Å². The Kier molecular flexibility index (Phi) is 6.44. The molecule has 6 nitrogen and oxygen atoms in total. The summed E-state index contributed by atoms with van der Waals surface area (Å²) in [7, 11) is -3.10. The van der Waals surface area contributed by atoms with E-state index >= 15 is 0 Å². The lowest BCUT2D eigenvalue weighted by Gasteiger charge is -2.33. The third-order valence-corrected chi connectivity index (χ3v) is 6.78. The summed E-state index contributed by atoms with van der Waals surface area (Å²) in [5.74, 6) is -0.822. The largest absolute Gasteiger partial charge is 0.452 e. The fraction of sp³-hybridized carbons (Fsp3) is 0.579. The van der Waals surface area contributed by atoms with Crippen molar-refractivity contribution in [2.24, 2.45) is 0 Å². The molecule has 1 aliphatic rings. The van der Waals surface area contributed by atoms with Crippen molar-refractivity contribution in [2.75, 3.05) is 18.1 Å². The van der Waals surface area contributed by atoms with Gasteiger partial charge in [0, 0.05) is 12.1 Å². The van der Waals surface area contributed by atoms with E-state index in [-0.39, 0.29) is 36.1 Å². The molecule has 2 rings (SSSR count). The van der Waals surface area contributed by atoms with Crippen LogP contribution in [0, 0.1) is 13.8 Å². The summed E-state index contributed by atoms with van der Waals surface area (Å²) in [5.41, 5.74) is 2.45. The molecule has 1 aromatic rings. The quantitative estimate of drug-likeness (QED) is 0.706. The Morgan fingerprint density at radius 1 is 1.27 bits per heavy atom. The van der Waals surface area contributed by atoms with Gasteiger partial charge in [-0.1, -0.05) is 13.0 Å². The molecule has 1 heterocycles. The van der Waals surface area contributed by atoms with Crippen LogP contribution in [-0.4, -0.2) is 55.4 Å². The standard InChI is InChI=1S/C19H27NO5S/c1-5-15(4)20(17-8-9-26(23,24)12-17)18(21)11-25-19(22)16-7-6-13(2)14(3)10-16/h6-7,10,15,17H,5,8-9,11-12H2,1-4H3. The SMILES string of the molecule is CCC(C)N(C(=O)COC(=O)c1ccc(C)c(C)c1)C1CCS(=O)(=O)C1. The molecule has 2 unspecified atom stereocenters. The Hall–Kier alpha value is -1.89. The number of esters is 1. The molecule has 1 aliphatic heterocycles. The summed E-state index contributed by atoms with van der Waals surface area (Å²) in [6, 6.07) is 4.79. The van der Waals surface area contributed by atoms with Crippen LogP contribution in [0.4, 0.5) is 0 Å². The van der Waals surface area contributed by atoms with E-state index in [1.165, 1.54) is 0 Å². The summed E-state index contributed by atoms with van der Waals surface area (Å²) >= 11 is 0. The Morgan fingerprint density at radius 3 is 2.50 bits per heavy atom. The Morgan fingerprint density at radius 2 is 1.96 bits per heavy atom. The zero-order valence-corrected chi connectivity index (χ0v) is 16.6. The minimum Gasteiger partial charge on any atom is -0.452 e. The number of benzene rings is 1. The van der Waals surface area contributed by atoms with Crippen LogP contribution in [-0.2, 0) is 19.4 Å². The third kappa shape index (κ3) is 4.84. The number of hydrogen-bond donors (Lipinski definition) is 0. The Bertz CT molecular complexity index is 787. The van der Waals surface area contributed by atoms with E-state index < -0.39 is 15.8 Å². The number of carbonyl (C=O) groups excluding carboxylic acids is 2. The number of sulfone groups is 1. The van der Waals surface area contributed by atoms with Crippen molar-refractivity contribution < 1.29 is 22.7 Å². The van der Waals surface area contributed by atoms with E-state index in [9.17, 15) is 18.0 Å². The lowest BCUT2D eigenvalue weighted by atomic mass is 10.1.